The van der Waals surface area contributed by atoms with Crippen molar-refractivity contribution in [3.05, 3.63) is 71.9 Å². The van der Waals surface area contributed by atoms with Gasteiger partial charge in [-0.05, 0) is 29.8 Å². The Balaban J connectivity index is 1.47. The van der Waals surface area contributed by atoms with Gasteiger partial charge in [0.1, 0.15) is 5.75 Å². The minimum Gasteiger partial charge on any atom is -0.468 e. The molecule has 0 N–H and O–H groups in total. The second-order valence-corrected chi connectivity index (χ2v) is 5.80. The molecule has 136 valence electrons. The summed E-state index contributed by atoms with van der Waals surface area (Å²) in [5, 5.41) is 1.13. The smallest absolute Gasteiger partial charge is 0.189 e. The van der Waals surface area contributed by atoms with E-state index in [-0.39, 0.29) is 6.79 Å². The number of hydrogen-bond acceptors (Lipinski definition) is 5. The number of ether oxygens (including phenoxy) is 4. The number of benzene rings is 2. The Bertz CT molecular complexity index is 822. The average Bonchev–Trinajstić information content (AvgIpc) is 2.68. The molecule has 0 saturated carbocycles. The third kappa shape index (κ3) is 5.52. The van der Waals surface area contributed by atoms with Crippen molar-refractivity contribution >= 4 is 10.9 Å². The lowest BCUT2D eigenvalue weighted by Crippen LogP contribution is -2.07. The van der Waals surface area contributed by atoms with Gasteiger partial charge in [0.15, 0.2) is 6.79 Å². The number of aromatic nitrogens is 1. The number of methoxy groups -OCH3 is 1. The van der Waals surface area contributed by atoms with Gasteiger partial charge >= 0.3 is 0 Å². The summed E-state index contributed by atoms with van der Waals surface area (Å²) in [6.07, 6.45) is 0. The molecular formula is C21H23NO4. The van der Waals surface area contributed by atoms with Gasteiger partial charge in [0, 0.05) is 12.5 Å². The average molecular weight is 353 g/mol. The molecule has 0 aliphatic heterocycles. The van der Waals surface area contributed by atoms with Gasteiger partial charge in [-0.1, -0.05) is 36.4 Å². The third-order valence-corrected chi connectivity index (χ3v) is 3.81. The maximum Gasteiger partial charge on any atom is 0.189 e. The number of fused-ring (bicyclic) bond motifs is 1. The summed E-state index contributed by atoms with van der Waals surface area (Å²) < 4.78 is 21.6. The van der Waals surface area contributed by atoms with Crippen LogP contribution in [0.15, 0.2) is 60.7 Å². The summed E-state index contributed by atoms with van der Waals surface area (Å²) in [6.45, 7) is 2.24. The van der Waals surface area contributed by atoms with E-state index >= 15 is 0 Å². The fourth-order valence-corrected chi connectivity index (χ4v) is 2.50. The maximum atomic E-state index is 5.80. The van der Waals surface area contributed by atoms with Gasteiger partial charge in [0.05, 0.1) is 37.6 Å². The zero-order valence-corrected chi connectivity index (χ0v) is 14.9. The first-order valence-corrected chi connectivity index (χ1v) is 8.56. The molecular weight excluding hydrogens is 330 g/mol. The normalized spacial score (nSPS) is 11.0. The lowest BCUT2D eigenvalue weighted by Gasteiger charge is -2.09. The Morgan fingerprint density at radius 3 is 2.69 bits per heavy atom. The lowest BCUT2D eigenvalue weighted by molar-refractivity contribution is -0.00857. The second kappa shape index (κ2) is 9.87. The number of rotatable bonds is 10. The summed E-state index contributed by atoms with van der Waals surface area (Å²) in [6, 6.07) is 19.9. The molecule has 5 heteroatoms. The van der Waals surface area contributed by atoms with Crippen LogP contribution in [0.2, 0.25) is 0 Å². The molecule has 5 nitrogen and oxygen atoms in total. The first-order valence-electron chi connectivity index (χ1n) is 8.56. The van der Waals surface area contributed by atoms with E-state index in [9.17, 15) is 0 Å². The quantitative estimate of drug-likeness (QED) is 0.408. The van der Waals surface area contributed by atoms with Gasteiger partial charge in [-0.3, -0.25) is 4.98 Å². The Morgan fingerprint density at radius 1 is 0.846 bits per heavy atom. The molecule has 0 aliphatic rings. The highest BCUT2D eigenvalue weighted by molar-refractivity contribution is 5.78. The topological polar surface area (TPSA) is 49.8 Å². The molecule has 0 saturated heterocycles. The van der Waals surface area contributed by atoms with E-state index < -0.39 is 0 Å². The van der Waals surface area contributed by atoms with E-state index in [1.54, 1.807) is 7.11 Å². The van der Waals surface area contributed by atoms with E-state index in [4.69, 9.17) is 18.9 Å². The van der Waals surface area contributed by atoms with E-state index in [0.29, 0.717) is 26.4 Å². The Kier molecular flexibility index (Phi) is 6.96. The van der Waals surface area contributed by atoms with Crippen LogP contribution in [-0.2, 0) is 27.4 Å². The summed E-state index contributed by atoms with van der Waals surface area (Å²) >= 11 is 0. The predicted molar refractivity (Wildman–Crippen MR) is 100 cm³/mol. The molecule has 0 unspecified atom stereocenters. The number of para-hydroxylation sites is 1. The highest BCUT2D eigenvalue weighted by atomic mass is 16.7. The summed E-state index contributed by atoms with van der Waals surface area (Å²) in [7, 11) is 1.64. The van der Waals surface area contributed by atoms with Crippen LogP contribution in [0.1, 0.15) is 11.3 Å². The fourth-order valence-electron chi connectivity index (χ4n) is 2.50. The highest BCUT2D eigenvalue weighted by Gasteiger charge is 2.01. The molecule has 2 aromatic carbocycles. The van der Waals surface area contributed by atoms with Crippen molar-refractivity contribution in [1.29, 1.82) is 0 Å². The largest absolute Gasteiger partial charge is 0.468 e. The zero-order chi connectivity index (χ0) is 18.0. The van der Waals surface area contributed by atoms with Crippen LogP contribution in [0.25, 0.3) is 10.9 Å². The number of hydrogen-bond donors (Lipinski definition) is 0. The van der Waals surface area contributed by atoms with Crippen molar-refractivity contribution in [3.63, 3.8) is 0 Å². The molecule has 0 spiro atoms. The molecule has 0 atom stereocenters. The van der Waals surface area contributed by atoms with E-state index in [1.165, 1.54) is 0 Å². The summed E-state index contributed by atoms with van der Waals surface area (Å²) in [4.78, 5) is 4.61. The molecule has 1 heterocycles. The molecule has 26 heavy (non-hydrogen) atoms. The van der Waals surface area contributed by atoms with E-state index in [2.05, 4.69) is 17.1 Å². The Morgan fingerprint density at radius 2 is 1.77 bits per heavy atom. The first-order chi connectivity index (χ1) is 12.8. The van der Waals surface area contributed by atoms with Crippen LogP contribution in [-0.4, -0.2) is 32.1 Å². The van der Waals surface area contributed by atoms with Crippen LogP contribution in [0.3, 0.4) is 0 Å². The zero-order valence-electron chi connectivity index (χ0n) is 14.9. The molecule has 0 aliphatic carbocycles. The summed E-state index contributed by atoms with van der Waals surface area (Å²) in [5.74, 6) is 0.757. The van der Waals surface area contributed by atoms with E-state index in [1.807, 2.05) is 48.5 Å². The highest BCUT2D eigenvalue weighted by Crippen LogP contribution is 2.16. The second-order valence-electron chi connectivity index (χ2n) is 5.80. The molecule has 3 rings (SSSR count). The molecule has 0 radical (unpaired) electrons. The molecule has 0 amide bonds. The van der Waals surface area contributed by atoms with Gasteiger partial charge in [0.2, 0.25) is 0 Å². The minimum atomic E-state index is 0.203. The van der Waals surface area contributed by atoms with Crippen molar-refractivity contribution in [1.82, 2.24) is 4.98 Å². The predicted octanol–water partition coefficient (Wildman–Crippen LogP) is 3.95. The van der Waals surface area contributed by atoms with Gasteiger partial charge in [-0.25, -0.2) is 0 Å². The molecule has 0 fully saturated rings. The van der Waals surface area contributed by atoms with Crippen molar-refractivity contribution in [3.8, 4) is 5.75 Å². The van der Waals surface area contributed by atoms with Crippen LogP contribution in [0, 0.1) is 0 Å². The van der Waals surface area contributed by atoms with Crippen LogP contribution >= 0.6 is 0 Å². The monoisotopic (exact) mass is 353 g/mol. The molecule has 3 aromatic rings. The molecule has 1 aromatic heterocycles. The van der Waals surface area contributed by atoms with Gasteiger partial charge in [-0.15, -0.1) is 0 Å². The fraction of sp³-hybridized carbons (Fsp3) is 0.286. The molecule has 0 bridgehead atoms. The Hall–Kier alpha value is -2.47. The van der Waals surface area contributed by atoms with Crippen LogP contribution < -0.4 is 4.74 Å². The third-order valence-electron chi connectivity index (χ3n) is 3.81. The number of nitrogens with zero attached hydrogens (tertiary/aromatic N) is 1. The minimum absolute atomic E-state index is 0.203. The number of pyridine rings is 1. The van der Waals surface area contributed by atoms with Crippen molar-refractivity contribution in [2.45, 2.75) is 13.2 Å². The van der Waals surface area contributed by atoms with Crippen molar-refractivity contribution in [2.24, 2.45) is 0 Å². The summed E-state index contributed by atoms with van der Waals surface area (Å²) in [5.41, 5.74) is 2.94. The van der Waals surface area contributed by atoms with Crippen LogP contribution in [0.4, 0.5) is 0 Å². The maximum absolute atomic E-state index is 5.80. The lowest BCUT2D eigenvalue weighted by atomic mass is 10.2. The van der Waals surface area contributed by atoms with Gasteiger partial charge < -0.3 is 18.9 Å². The standard InChI is InChI=1S/C21H23NO4/c1-23-11-12-24-16-26-20-7-4-5-17(13-20)14-25-15-19-10-9-18-6-2-3-8-21(18)22-19/h2-10,13H,11-12,14-16H2,1H3. The van der Waals surface area contributed by atoms with Crippen molar-refractivity contribution in [2.75, 3.05) is 27.1 Å². The first kappa shape index (κ1) is 18.3. The van der Waals surface area contributed by atoms with Gasteiger partial charge in [-0.2, -0.15) is 0 Å². The van der Waals surface area contributed by atoms with E-state index in [0.717, 1.165) is 27.9 Å². The Labute approximate surface area is 153 Å². The van der Waals surface area contributed by atoms with Crippen LogP contribution in [0.5, 0.6) is 5.75 Å². The SMILES string of the molecule is COCCOCOc1cccc(COCc2ccc3ccccc3n2)c1. The van der Waals surface area contributed by atoms with Crippen molar-refractivity contribution < 1.29 is 18.9 Å². The van der Waals surface area contributed by atoms with Gasteiger partial charge in [0.25, 0.3) is 0 Å².